The molecule has 0 spiro atoms. The second-order valence-electron chi connectivity index (χ2n) is 10.7. The lowest BCUT2D eigenvalue weighted by Crippen LogP contribution is -2.41. The maximum atomic E-state index is 12.7. The topological polar surface area (TPSA) is 304 Å². The normalized spacial score (nSPS) is 11.4. The van der Waals surface area contributed by atoms with Gasteiger partial charge in [0.2, 0.25) is 11.9 Å². The molecule has 3 heterocycles. The van der Waals surface area contributed by atoms with Crippen LogP contribution in [0.25, 0.3) is 11.2 Å². The van der Waals surface area contributed by atoms with Gasteiger partial charge in [-0.1, -0.05) is 0 Å². The molecule has 0 aliphatic carbocycles. The van der Waals surface area contributed by atoms with E-state index in [-0.39, 0.29) is 80.9 Å². The summed E-state index contributed by atoms with van der Waals surface area (Å²) < 4.78 is 10.8. The number of rotatable bonds is 20. The molecule has 0 bridgehead atoms. The van der Waals surface area contributed by atoms with Gasteiger partial charge in [0, 0.05) is 37.0 Å². The third kappa shape index (κ3) is 12.0. The fraction of sp³-hybridized carbons (Fsp3) is 0.323. The Morgan fingerprint density at radius 3 is 2.24 bits per heavy atom. The van der Waals surface area contributed by atoms with Crippen LogP contribution in [0, 0.1) is 0 Å². The van der Waals surface area contributed by atoms with Crippen LogP contribution in [-0.2, 0) is 25.6 Å². The van der Waals surface area contributed by atoms with Crippen molar-refractivity contribution in [1.82, 2.24) is 40.9 Å². The van der Waals surface area contributed by atoms with Crippen LogP contribution in [0.5, 0.6) is 0 Å². The van der Waals surface area contributed by atoms with Gasteiger partial charge in [-0.25, -0.2) is 25.6 Å². The SMILES string of the molecule is NNc1ccc(C(=O)NCCOCCOCCNC(=O)CCC(NC(=O)c2ccc(NCc3cnc4nc(N)[nH]c(=O)c4n3)cc2)C(=O)O)cn1. The first-order valence-electron chi connectivity index (χ1n) is 15.6. The molecule has 4 rings (SSSR count). The maximum Gasteiger partial charge on any atom is 0.326 e. The Hall–Kier alpha value is -6.25. The van der Waals surface area contributed by atoms with Crippen molar-refractivity contribution in [2.24, 2.45) is 5.84 Å². The number of hydrazine groups is 1. The Bertz CT molecular complexity index is 1850. The first-order chi connectivity index (χ1) is 24.6. The number of aliphatic carboxylic acids is 1. The number of fused-ring (bicyclic) bond motifs is 1. The predicted molar refractivity (Wildman–Crippen MR) is 183 cm³/mol. The molecule has 11 N–H and O–H groups in total. The van der Waals surface area contributed by atoms with E-state index in [0.29, 0.717) is 29.3 Å². The Balaban J connectivity index is 1.07. The molecule has 0 saturated heterocycles. The summed E-state index contributed by atoms with van der Waals surface area (Å²) in [6, 6.07) is 8.14. The lowest BCUT2D eigenvalue weighted by atomic mass is 10.1. The van der Waals surface area contributed by atoms with Crippen LogP contribution in [0.4, 0.5) is 17.5 Å². The van der Waals surface area contributed by atoms with Crippen LogP contribution in [0.2, 0.25) is 0 Å². The number of amides is 3. The van der Waals surface area contributed by atoms with Crippen LogP contribution >= 0.6 is 0 Å². The van der Waals surface area contributed by atoms with Gasteiger partial charge in [-0.05, 0) is 42.8 Å². The second kappa shape index (κ2) is 19.1. The summed E-state index contributed by atoms with van der Waals surface area (Å²) in [4.78, 5) is 79.4. The molecular weight excluding hydrogens is 668 g/mol. The highest BCUT2D eigenvalue weighted by Gasteiger charge is 2.22. The number of pyridine rings is 1. The number of carboxylic acids is 1. The summed E-state index contributed by atoms with van der Waals surface area (Å²) in [5.41, 5.74) is 9.26. The third-order valence-electron chi connectivity index (χ3n) is 7.02. The molecule has 0 saturated carbocycles. The number of carbonyl (C=O) groups is 4. The van der Waals surface area contributed by atoms with E-state index in [1.165, 1.54) is 24.5 Å². The molecule has 1 atom stereocenters. The molecule has 4 aromatic rings. The molecule has 3 amide bonds. The van der Waals surface area contributed by atoms with E-state index in [1.807, 2.05) is 0 Å². The molecule has 1 unspecified atom stereocenters. The predicted octanol–water partition coefficient (Wildman–Crippen LogP) is -0.869. The van der Waals surface area contributed by atoms with Crippen LogP contribution in [-0.4, -0.2) is 99.3 Å². The minimum Gasteiger partial charge on any atom is -0.480 e. The number of nitrogen functional groups attached to an aromatic ring is 2. The van der Waals surface area contributed by atoms with E-state index < -0.39 is 29.4 Å². The number of H-pyrrole nitrogens is 1. The van der Waals surface area contributed by atoms with Crippen molar-refractivity contribution in [2.45, 2.75) is 25.4 Å². The summed E-state index contributed by atoms with van der Waals surface area (Å²) in [5, 5.41) is 20.5. The van der Waals surface area contributed by atoms with Gasteiger partial charge in [-0.3, -0.25) is 24.2 Å². The largest absolute Gasteiger partial charge is 0.480 e. The van der Waals surface area contributed by atoms with Crippen LogP contribution in [0.1, 0.15) is 39.3 Å². The zero-order valence-electron chi connectivity index (χ0n) is 27.3. The molecule has 0 aliphatic rings. The zero-order chi connectivity index (χ0) is 36.6. The summed E-state index contributed by atoms with van der Waals surface area (Å²) >= 11 is 0. The van der Waals surface area contributed by atoms with E-state index in [4.69, 9.17) is 21.1 Å². The summed E-state index contributed by atoms with van der Waals surface area (Å²) in [6.45, 7) is 1.73. The van der Waals surface area contributed by atoms with Gasteiger partial charge in [-0.15, -0.1) is 0 Å². The number of ether oxygens (including phenoxy) is 2. The van der Waals surface area contributed by atoms with Crippen LogP contribution < -0.4 is 43.8 Å². The first kappa shape index (κ1) is 37.6. The van der Waals surface area contributed by atoms with E-state index in [9.17, 15) is 29.1 Å². The molecule has 0 aliphatic heterocycles. The molecule has 3 aromatic heterocycles. The van der Waals surface area contributed by atoms with E-state index in [0.717, 1.165) is 0 Å². The smallest absolute Gasteiger partial charge is 0.326 e. The van der Waals surface area contributed by atoms with Crippen molar-refractivity contribution in [1.29, 1.82) is 0 Å². The van der Waals surface area contributed by atoms with Crippen LogP contribution in [0.15, 0.2) is 53.6 Å². The molecule has 0 radical (unpaired) electrons. The fourth-order valence-electron chi connectivity index (χ4n) is 4.39. The monoisotopic (exact) mass is 706 g/mol. The van der Waals surface area contributed by atoms with E-state index in [1.54, 1.807) is 24.3 Å². The van der Waals surface area contributed by atoms with Gasteiger partial charge in [0.05, 0.1) is 50.4 Å². The minimum absolute atomic E-state index is 0.0495. The number of carbonyl (C=O) groups excluding carboxylic acids is 3. The van der Waals surface area contributed by atoms with Gasteiger partial charge in [-0.2, -0.15) is 4.98 Å². The number of hydrogen-bond acceptors (Lipinski definition) is 15. The number of carboxylic acid groups (broad SMARTS) is 1. The zero-order valence-corrected chi connectivity index (χ0v) is 27.3. The number of nitrogens with zero attached hydrogens (tertiary/aromatic N) is 4. The third-order valence-corrected chi connectivity index (χ3v) is 7.02. The highest BCUT2D eigenvalue weighted by molar-refractivity contribution is 5.97. The number of nitrogens with two attached hydrogens (primary N) is 2. The molecule has 51 heavy (non-hydrogen) atoms. The number of aromatic amines is 1. The van der Waals surface area contributed by atoms with Crippen molar-refractivity contribution in [3.63, 3.8) is 0 Å². The van der Waals surface area contributed by atoms with Crippen molar-refractivity contribution in [2.75, 3.05) is 56.0 Å². The average Bonchev–Trinajstić information content (AvgIpc) is 3.13. The summed E-state index contributed by atoms with van der Waals surface area (Å²) in [5.74, 6) is 3.04. The van der Waals surface area contributed by atoms with Gasteiger partial charge < -0.3 is 47.0 Å². The quantitative estimate of drug-likeness (QED) is 0.0306. The Morgan fingerprint density at radius 1 is 0.863 bits per heavy atom. The molecule has 20 nitrogen and oxygen atoms in total. The van der Waals surface area contributed by atoms with Crippen molar-refractivity contribution in [3.8, 4) is 0 Å². The first-order valence-corrected chi connectivity index (χ1v) is 15.6. The number of anilines is 3. The number of aromatic nitrogens is 5. The number of benzene rings is 1. The van der Waals surface area contributed by atoms with Gasteiger partial charge in [0.15, 0.2) is 11.2 Å². The van der Waals surface area contributed by atoms with Crippen molar-refractivity contribution in [3.05, 3.63) is 76.0 Å². The van der Waals surface area contributed by atoms with Gasteiger partial charge >= 0.3 is 5.97 Å². The van der Waals surface area contributed by atoms with Gasteiger partial charge in [0.25, 0.3) is 17.4 Å². The molecule has 270 valence electrons. The lowest BCUT2D eigenvalue weighted by Gasteiger charge is -2.15. The van der Waals surface area contributed by atoms with E-state index in [2.05, 4.69) is 51.6 Å². The van der Waals surface area contributed by atoms with Crippen LogP contribution in [0.3, 0.4) is 0 Å². The van der Waals surface area contributed by atoms with Crippen molar-refractivity contribution < 1.29 is 33.8 Å². The molecular formula is C31H38N12O8. The van der Waals surface area contributed by atoms with Gasteiger partial charge in [0.1, 0.15) is 11.9 Å². The summed E-state index contributed by atoms with van der Waals surface area (Å²) in [6.07, 6.45) is 2.60. The Morgan fingerprint density at radius 2 is 1.57 bits per heavy atom. The second-order valence-corrected chi connectivity index (χ2v) is 10.7. The summed E-state index contributed by atoms with van der Waals surface area (Å²) in [7, 11) is 0. The standard InChI is InChI=1S/C31H38N12O8/c32-31-41-26-25(29(47)42-31)39-21(17-38-26)16-36-20-4-1-18(2-5-20)28(46)40-22(30(48)49)6-8-24(44)34-9-11-50-13-14-51-12-10-35-27(45)19-3-7-23(43-33)37-15-19/h1-5,7,15,17,22,36H,6,8-14,16,33H2,(H,34,44)(H,35,45)(H,37,43)(H,40,46)(H,48,49)(H3,32,38,41,42,47). The minimum atomic E-state index is -1.29. The fourth-order valence-corrected chi connectivity index (χ4v) is 4.39. The number of nitrogens with one attached hydrogen (secondary N) is 6. The molecule has 0 fully saturated rings. The lowest BCUT2D eigenvalue weighted by molar-refractivity contribution is -0.139. The Kier molecular flexibility index (Phi) is 14.0. The average molecular weight is 707 g/mol. The Labute approximate surface area is 290 Å². The molecule has 20 heteroatoms. The van der Waals surface area contributed by atoms with E-state index >= 15 is 0 Å². The maximum absolute atomic E-state index is 12.7. The molecule has 1 aromatic carbocycles. The highest BCUT2D eigenvalue weighted by atomic mass is 16.5. The van der Waals surface area contributed by atoms with Crippen molar-refractivity contribution >= 4 is 52.3 Å². The highest BCUT2D eigenvalue weighted by Crippen LogP contribution is 2.12. The number of hydrogen-bond donors (Lipinski definition) is 9.